The molecule has 0 spiro atoms. The summed E-state index contributed by atoms with van der Waals surface area (Å²) in [6.07, 6.45) is -4.89. The molecule has 30 heavy (non-hydrogen) atoms. The summed E-state index contributed by atoms with van der Waals surface area (Å²) in [6, 6.07) is 6.24. The van der Waals surface area contributed by atoms with Crippen molar-refractivity contribution in [2.24, 2.45) is 0 Å². The van der Waals surface area contributed by atoms with Gasteiger partial charge >= 0.3 is 6.18 Å². The fourth-order valence-corrected chi connectivity index (χ4v) is 2.80. The molecule has 2 aromatic carbocycles. The minimum absolute atomic E-state index is 0.0590. The number of alkyl halides is 3. The molecule has 0 bridgehead atoms. The average Bonchev–Trinajstić information content (AvgIpc) is 2.66. The summed E-state index contributed by atoms with van der Waals surface area (Å²) in [4.78, 5) is 28.2. The van der Waals surface area contributed by atoms with Gasteiger partial charge in [0.25, 0.3) is 11.6 Å². The number of likely N-dealkylation sites (N-methyl/N-ethyl adjacent to an activating group) is 1. The highest BCUT2D eigenvalue weighted by Crippen LogP contribution is 2.37. The van der Waals surface area contributed by atoms with E-state index in [4.69, 9.17) is 21.2 Å². The Morgan fingerprint density at radius 1 is 1.20 bits per heavy atom. The molecule has 11 heteroatoms. The van der Waals surface area contributed by atoms with Gasteiger partial charge in [-0.05, 0) is 44.2 Å². The van der Waals surface area contributed by atoms with Gasteiger partial charge in [-0.25, -0.2) is 5.06 Å². The standard InChI is InChI=1S/C19H18ClF3N2O5/c1-3-24(29-4-2)18(26)10-12-9-14(6-7-16(12)25(27)28)30-17-8-5-13(11-15(17)20)19(21,22)23/h5-9,11H,3-4,10H2,1-2H3. The average molecular weight is 447 g/mol. The Kier molecular flexibility index (Phi) is 7.63. The zero-order chi connectivity index (χ0) is 22.5. The first-order valence-electron chi connectivity index (χ1n) is 8.82. The Morgan fingerprint density at radius 3 is 2.43 bits per heavy atom. The molecule has 0 unspecified atom stereocenters. The van der Waals surface area contributed by atoms with E-state index in [1.807, 2.05) is 0 Å². The molecule has 0 heterocycles. The zero-order valence-corrected chi connectivity index (χ0v) is 16.8. The Morgan fingerprint density at radius 2 is 1.90 bits per heavy atom. The molecular weight excluding hydrogens is 429 g/mol. The van der Waals surface area contributed by atoms with Gasteiger partial charge in [-0.15, -0.1) is 0 Å². The van der Waals surface area contributed by atoms with E-state index in [0.29, 0.717) is 6.07 Å². The third-order valence-corrected chi connectivity index (χ3v) is 4.22. The van der Waals surface area contributed by atoms with Crippen LogP contribution in [0.5, 0.6) is 11.5 Å². The lowest BCUT2D eigenvalue weighted by atomic mass is 10.1. The van der Waals surface area contributed by atoms with Gasteiger partial charge in [0.2, 0.25) is 0 Å². The predicted octanol–water partition coefficient (Wildman–Crippen LogP) is 5.40. The van der Waals surface area contributed by atoms with Crippen LogP contribution in [0.2, 0.25) is 5.02 Å². The van der Waals surface area contributed by atoms with Gasteiger partial charge in [0, 0.05) is 18.2 Å². The quantitative estimate of drug-likeness (QED) is 0.400. The molecule has 0 fully saturated rings. The van der Waals surface area contributed by atoms with Gasteiger partial charge in [0.1, 0.15) is 11.5 Å². The van der Waals surface area contributed by atoms with E-state index in [2.05, 4.69) is 0 Å². The minimum Gasteiger partial charge on any atom is -0.456 e. The lowest BCUT2D eigenvalue weighted by Crippen LogP contribution is -2.32. The maximum absolute atomic E-state index is 12.8. The number of hydroxylamine groups is 2. The summed E-state index contributed by atoms with van der Waals surface area (Å²) >= 11 is 5.88. The highest BCUT2D eigenvalue weighted by atomic mass is 35.5. The maximum Gasteiger partial charge on any atom is 0.416 e. The second kappa shape index (κ2) is 9.77. The monoisotopic (exact) mass is 446 g/mol. The van der Waals surface area contributed by atoms with Gasteiger partial charge in [-0.2, -0.15) is 13.2 Å². The van der Waals surface area contributed by atoms with Gasteiger partial charge in [-0.1, -0.05) is 11.6 Å². The first-order valence-corrected chi connectivity index (χ1v) is 9.19. The number of ether oxygens (including phenoxy) is 1. The van der Waals surface area contributed by atoms with Crippen LogP contribution in [0.25, 0.3) is 0 Å². The smallest absolute Gasteiger partial charge is 0.416 e. The van der Waals surface area contributed by atoms with Crippen molar-refractivity contribution >= 4 is 23.2 Å². The number of carbonyl (C=O) groups is 1. The number of carbonyl (C=O) groups excluding carboxylic acids is 1. The lowest BCUT2D eigenvalue weighted by Gasteiger charge is -2.19. The van der Waals surface area contributed by atoms with E-state index in [0.717, 1.165) is 23.3 Å². The van der Waals surface area contributed by atoms with E-state index in [1.165, 1.54) is 12.1 Å². The Balaban J connectivity index is 2.32. The molecule has 0 radical (unpaired) electrons. The molecule has 0 aliphatic heterocycles. The lowest BCUT2D eigenvalue weighted by molar-refractivity contribution is -0.385. The summed E-state index contributed by atoms with van der Waals surface area (Å²) in [6.45, 7) is 3.88. The first-order chi connectivity index (χ1) is 14.1. The third kappa shape index (κ3) is 5.83. The highest BCUT2D eigenvalue weighted by molar-refractivity contribution is 6.32. The third-order valence-electron chi connectivity index (χ3n) is 3.93. The number of halogens is 4. The van der Waals surface area contributed by atoms with E-state index in [9.17, 15) is 28.1 Å². The van der Waals surface area contributed by atoms with Crippen molar-refractivity contribution in [2.45, 2.75) is 26.4 Å². The topological polar surface area (TPSA) is 81.9 Å². The molecule has 2 rings (SSSR count). The van der Waals surface area contributed by atoms with Crippen molar-refractivity contribution < 1.29 is 32.5 Å². The second-order valence-corrected chi connectivity index (χ2v) is 6.38. The number of amides is 1. The van der Waals surface area contributed by atoms with Crippen molar-refractivity contribution in [2.75, 3.05) is 13.2 Å². The van der Waals surface area contributed by atoms with Gasteiger partial charge in [0.05, 0.1) is 28.5 Å². The summed E-state index contributed by atoms with van der Waals surface area (Å²) < 4.78 is 43.8. The summed E-state index contributed by atoms with van der Waals surface area (Å²) in [5.41, 5.74) is -1.18. The van der Waals surface area contributed by atoms with Crippen molar-refractivity contribution in [1.82, 2.24) is 5.06 Å². The number of hydrogen-bond donors (Lipinski definition) is 0. The number of benzene rings is 2. The number of nitro groups is 1. The Hall–Kier alpha value is -2.85. The van der Waals surface area contributed by atoms with Crippen molar-refractivity contribution in [1.29, 1.82) is 0 Å². The maximum atomic E-state index is 12.8. The predicted molar refractivity (Wildman–Crippen MR) is 102 cm³/mol. The summed E-state index contributed by atoms with van der Waals surface area (Å²) in [7, 11) is 0. The molecule has 0 aromatic heterocycles. The Labute approximate surface area is 175 Å². The van der Waals surface area contributed by atoms with Crippen molar-refractivity contribution in [3.63, 3.8) is 0 Å². The van der Waals surface area contributed by atoms with Crippen LogP contribution in [-0.4, -0.2) is 29.0 Å². The van der Waals surface area contributed by atoms with E-state index >= 15 is 0 Å². The van der Waals surface area contributed by atoms with Crippen LogP contribution in [0.3, 0.4) is 0 Å². The largest absolute Gasteiger partial charge is 0.456 e. The van der Waals surface area contributed by atoms with E-state index in [-0.39, 0.29) is 47.3 Å². The summed E-state index contributed by atoms with van der Waals surface area (Å²) in [5.74, 6) is -0.489. The summed E-state index contributed by atoms with van der Waals surface area (Å²) in [5, 5.41) is 12.1. The molecular formula is C19H18ClF3N2O5. The zero-order valence-electron chi connectivity index (χ0n) is 16.0. The molecule has 1 amide bonds. The molecule has 0 N–H and O–H groups in total. The van der Waals surface area contributed by atoms with Gasteiger partial charge in [0.15, 0.2) is 0 Å². The van der Waals surface area contributed by atoms with Crippen LogP contribution in [-0.2, 0) is 22.2 Å². The normalized spacial score (nSPS) is 11.3. The minimum atomic E-state index is -4.56. The number of rotatable bonds is 8. The van der Waals surface area contributed by atoms with Crippen LogP contribution in [0.15, 0.2) is 36.4 Å². The molecule has 0 atom stereocenters. The fourth-order valence-electron chi connectivity index (χ4n) is 2.58. The molecule has 0 saturated carbocycles. The first kappa shape index (κ1) is 23.4. The van der Waals surface area contributed by atoms with Crippen LogP contribution < -0.4 is 4.74 Å². The van der Waals surface area contributed by atoms with Crippen molar-refractivity contribution in [3.05, 3.63) is 62.7 Å². The fraction of sp³-hybridized carbons (Fsp3) is 0.316. The highest BCUT2D eigenvalue weighted by Gasteiger charge is 2.31. The molecule has 2 aromatic rings. The molecule has 0 aliphatic carbocycles. The SMILES string of the molecule is CCON(CC)C(=O)Cc1cc(Oc2ccc(C(F)(F)F)cc2Cl)ccc1[N+](=O)[O-]. The van der Waals surface area contributed by atoms with Crippen LogP contribution in [0, 0.1) is 10.1 Å². The van der Waals surface area contributed by atoms with E-state index in [1.54, 1.807) is 13.8 Å². The van der Waals surface area contributed by atoms with Crippen LogP contribution in [0.4, 0.5) is 18.9 Å². The number of hydrogen-bond acceptors (Lipinski definition) is 5. The second-order valence-electron chi connectivity index (χ2n) is 5.98. The van der Waals surface area contributed by atoms with Crippen molar-refractivity contribution in [3.8, 4) is 11.5 Å². The Bertz CT molecular complexity index is 937. The van der Waals surface area contributed by atoms with E-state index < -0.39 is 22.6 Å². The molecule has 7 nitrogen and oxygen atoms in total. The van der Waals surface area contributed by atoms with Gasteiger partial charge in [-0.3, -0.25) is 19.7 Å². The van der Waals surface area contributed by atoms with Gasteiger partial charge < -0.3 is 4.74 Å². The molecule has 0 aliphatic rings. The number of nitrogens with zero attached hydrogens (tertiary/aromatic N) is 2. The molecule has 162 valence electrons. The van der Waals surface area contributed by atoms with Crippen LogP contribution in [0.1, 0.15) is 25.0 Å². The van der Waals surface area contributed by atoms with Crippen LogP contribution >= 0.6 is 11.6 Å². The number of nitro benzene ring substituents is 1. The molecule has 0 saturated heterocycles.